The van der Waals surface area contributed by atoms with Crippen LogP contribution in [0.25, 0.3) is 0 Å². The molecule has 21 heavy (non-hydrogen) atoms. The molecule has 3 heteroatoms. The third kappa shape index (κ3) is 4.08. The maximum atomic E-state index is 3.73. The minimum atomic E-state index is 0.361. The first-order valence-corrected chi connectivity index (χ1v) is 8.20. The average molecular weight is 347 g/mol. The molecule has 2 aromatic carbocycles. The molecule has 0 saturated carbocycles. The molecule has 0 radical (unpaired) electrons. The van der Waals surface area contributed by atoms with E-state index in [0.717, 1.165) is 17.6 Å². The lowest BCUT2D eigenvalue weighted by molar-refractivity contribution is 0.652. The van der Waals surface area contributed by atoms with Gasteiger partial charge in [-0.05, 0) is 60.1 Å². The molecule has 0 aliphatic rings. The highest BCUT2D eigenvalue weighted by Gasteiger charge is 2.11. The van der Waals surface area contributed by atoms with E-state index in [9.17, 15) is 0 Å². The smallest absolute Gasteiger partial charge is 0.0513 e. The van der Waals surface area contributed by atoms with Crippen LogP contribution in [0.3, 0.4) is 0 Å². The van der Waals surface area contributed by atoms with Crippen LogP contribution in [0, 0.1) is 0 Å². The van der Waals surface area contributed by atoms with Crippen molar-refractivity contribution in [3.63, 3.8) is 0 Å². The molecule has 1 unspecified atom stereocenters. The molecule has 0 heterocycles. The fourth-order valence-electron chi connectivity index (χ4n) is 2.39. The van der Waals surface area contributed by atoms with E-state index in [4.69, 9.17) is 0 Å². The minimum Gasteiger partial charge on any atom is -0.367 e. The van der Waals surface area contributed by atoms with E-state index in [-0.39, 0.29) is 0 Å². The van der Waals surface area contributed by atoms with E-state index in [0.29, 0.717) is 6.04 Å². The first-order chi connectivity index (χ1) is 10.2. The Morgan fingerprint density at radius 2 is 1.86 bits per heavy atom. The van der Waals surface area contributed by atoms with E-state index >= 15 is 0 Å². The summed E-state index contributed by atoms with van der Waals surface area (Å²) in [7, 11) is 1.99. The van der Waals surface area contributed by atoms with E-state index in [1.54, 1.807) is 0 Å². The third-order valence-electron chi connectivity index (χ3n) is 3.84. The zero-order valence-electron chi connectivity index (χ0n) is 12.9. The number of hydrogen-bond acceptors (Lipinski definition) is 2. The molecule has 1 N–H and O–H groups in total. The number of hydrogen-bond donors (Lipinski definition) is 1. The number of rotatable bonds is 6. The molecule has 0 aliphatic carbocycles. The highest BCUT2D eigenvalue weighted by atomic mass is 79.9. The molecule has 112 valence electrons. The Hall–Kier alpha value is -1.32. The molecule has 0 bridgehead atoms. The fraction of sp³-hybridized carbons (Fsp3) is 0.333. The molecule has 2 aromatic rings. The highest BCUT2D eigenvalue weighted by molar-refractivity contribution is 9.10. The molecule has 0 fully saturated rings. The van der Waals surface area contributed by atoms with Crippen molar-refractivity contribution in [1.82, 2.24) is 5.32 Å². The van der Waals surface area contributed by atoms with Crippen LogP contribution in [-0.2, 0) is 6.54 Å². The molecule has 0 aromatic heterocycles. The summed E-state index contributed by atoms with van der Waals surface area (Å²) < 4.78 is 1.15. The molecule has 2 nitrogen and oxygen atoms in total. The van der Waals surface area contributed by atoms with E-state index in [2.05, 4.69) is 88.5 Å². The van der Waals surface area contributed by atoms with Gasteiger partial charge < -0.3 is 10.2 Å². The van der Waals surface area contributed by atoms with Crippen LogP contribution < -0.4 is 10.2 Å². The van der Waals surface area contributed by atoms with Crippen molar-refractivity contribution in [3.8, 4) is 0 Å². The van der Waals surface area contributed by atoms with E-state index < -0.39 is 0 Å². The quantitative estimate of drug-likeness (QED) is 0.811. The fourth-order valence-corrected chi connectivity index (χ4v) is 3.03. The zero-order chi connectivity index (χ0) is 15.2. The topological polar surface area (TPSA) is 15.3 Å². The molecule has 0 spiro atoms. The normalized spacial score (nSPS) is 12.2. The first kappa shape index (κ1) is 16.1. The predicted octanol–water partition coefficient (Wildman–Crippen LogP) is 4.76. The van der Waals surface area contributed by atoms with Gasteiger partial charge in [-0.3, -0.25) is 0 Å². The third-order valence-corrected chi connectivity index (χ3v) is 4.48. The predicted molar refractivity (Wildman–Crippen MR) is 94.8 cm³/mol. The SMILES string of the molecule is CCN(Cc1ccccc1)c1ccc(C(C)NC)cc1Br. The minimum absolute atomic E-state index is 0.361. The highest BCUT2D eigenvalue weighted by Crippen LogP contribution is 2.30. The Labute approximate surface area is 136 Å². The van der Waals surface area contributed by atoms with Gasteiger partial charge in [0.15, 0.2) is 0 Å². The number of halogens is 1. The number of nitrogens with zero attached hydrogens (tertiary/aromatic N) is 1. The van der Waals surface area contributed by atoms with Gasteiger partial charge in [0.1, 0.15) is 0 Å². The van der Waals surface area contributed by atoms with Crippen molar-refractivity contribution in [2.24, 2.45) is 0 Å². The molecule has 2 rings (SSSR count). The Bertz CT molecular complexity index is 569. The average Bonchev–Trinajstić information content (AvgIpc) is 2.53. The van der Waals surface area contributed by atoms with Gasteiger partial charge in [-0.25, -0.2) is 0 Å². The van der Waals surface area contributed by atoms with Gasteiger partial charge in [-0.15, -0.1) is 0 Å². The first-order valence-electron chi connectivity index (χ1n) is 7.41. The maximum absolute atomic E-state index is 3.73. The molecule has 0 amide bonds. The Balaban J connectivity index is 2.22. The second kappa shape index (κ2) is 7.62. The van der Waals surface area contributed by atoms with Crippen LogP contribution in [-0.4, -0.2) is 13.6 Å². The summed E-state index contributed by atoms with van der Waals surface area (Å²) in [5, 5.41) is 3.28. The molecular formula is C18H23BrN2. The van der Waals surface area contributed by atoms with Gasteiger partial charge in [0.2, 0.25) is 0 Å². The lowest BCUT2D eigenvalue weighted by atomic mass is 10.1. The Kier molecular flexibility index (Phi) is 5.83. The second-order valence-electron chi connectivity index (χ2n) is 5.22. The zero-order valence-corrected chi connectivity index (χ0v) is 14.5. The van der Waals surface area contributed by atoms with Crippen LogP contribution in [0.4, 0.5) is 5.69 Å². The standard InChI is InChI=1S/C18H23BrN2/c1-4-21(13-15-8-6-5-7-9-15)18-11-10-16(12-17(18)19)14(2)20-3/h5-12,14,20H,4,13H2,1-3H3. The molecular weight excluding hydrogens is 324 g/mol. The van der Waals surface area contributed by atoms with Gasteiger partial charge in [-0.1, -0.05) is 36.4 Å². The van der Waals surface area contributed by atoms with Gasteiger partial charge in [-0.2, -0.15) is 0 Å². The molecule has 1 atom stereocenters. The van der Waals surface area contributed by atoms with Crippen molar-refractivity contribution >= 4 is 21.6 Å². The summed E-state index contributed by atoms with van der Waals surface area (Å²) in [6.45, 7) is 6.27. The number of nitrogens with one attached hydrogen (secondary N) is 1. The Morgan fingerprint density at radius 3 is 2.43 bits per heavy atom. The summed E-state index contributed by atoms with van der Waals surface area (Å²) >= 11 is 3.73. The van der Waals surface area contributed by atoms with Crippen LogP contribution >= 0.6 is 15.9 Å². The number of anilines is 1. The molecule has 0 saturated heterocycles. The van der Waals surface area contributed by atoms with Crippen LogP contribution in [0.15, 0.2) is 53.0 Å². The van der Waals surface area contributed by atoms with Crippen molar-refractivity contribution in [2.75, 3.05) is 18.5 Å². The summed E-state index contributed by atoms with van der Waals surface area (Å²) in [5.74, 6) is 0. The van der Waals surface area contributed by atoms with Crippen LogP contribution in [0.1, 0.15) is 31.0 Å². The number of benzene rings is 2. The monoisotopic (exact) mass is 346 g/mol. The van der Waals surface area contributed by atoms with Crippen molar-refractivity contribution in [3.05, 3.63) is 64.1 Å². The lowest BCUT2D eigenvalue weighted by Gasteiger charge is -2.25. The van der Waals surface area contributed by atoms with Crippen LogP contribution in [0.5, 0.6) is 0 Å². The van der Waals surface area contributed by atoms with Crippen molar-refractivity contribution in [1.29, 1.82) is 0 Å². The van der Waals surface area contributed by atoms with Gasteiger partial charge in [0.25, 0.3) is 0 Å². The lowest BCUT2D eigenvalue weighted by Crippen LogP contribution is -2.22. The van der Waals surface area contributed by atoms with Gasteiger partial charge >= 0.3 is 0 Å². The summed E-state index contributed by atoms with van der Waals surface area (Å²) in [4.78, 5) is 2.38. The van der Waals surface area contributed by atoms with Gasteiger partial charge in [0.05, 0.1) is 5.69 Å². The van der Waals surface area contributed by atoms with E-state index in [1.807, 2.05) is 7.05 Å². The van der Waals surface area contributed by atoms with Crippen molar-refractivity contribution < 1.29 is 0 Å². The van der Waals surface area contributed by atoms with Crippen molar-refractivity contribution in [2.45, 2.75) is 26.4 Å². The second-order valence-corrected chi connectivity index (χ2v) is 6.08. The Morgan fingerprint density at radius 1 is 1.14 bits per heavy atom. The summed E-state index contributed by atoms with van der Waals surface area (Å²) in [6, 6.07) is 17.6. The van der Waals surface area contributed by atoms with E-state index in [1.165, 1.54) is 16.8 Å². The largest absolute Gasteiger partial charge is 0.367 e. The van der Waals surface area contributed by atoms with Crippen LogP contribution in [0.2, 0.25) is 0 Å². The molecule has 0 aliphatic heterocycles. The van der Waals surface area contributed by atoms with Gasteiger partial charge in [0, 0.05) is 23.6 Å². The summed E-state index contributed by atoms with van der Waals surface area (Å²) in [5.41, 5.74) is 3.87. The summed E-state index contributed by atoms with van der Waals surface area (Å²) in [6.07, 6.45) is 0. The maximum Gasteiger partial charge on any atom is 0.0513 e.